The summed E-state index contributed by atoms with van der Waals surface area (Å²) in [4.78, 5) is 2.66. The molecule has 14 heavy (non-hydrogen) atoms. The molecule has 1 fully saturated rings. The van der Waals surface area contributed by atoms with Gasteiger partial charge in [0.2, 0.25) is 0 Å². The van der Waals surface area contributed by atoms with Crippen molar-refractivity contribution in [2.24, 2.45) is 11.8 Å². The largest absolute Gasteiger partial charge is 0.298 e. The molecule has 1 saturated heterocycles. The SMILES string of the molecule is CCC(C)C1CCCN(C(C)(C)C)C1. The average molecular weight is 197 g/mol. The molecule has 2 atom stereocenters. The van der Waals surface area contributed by atoms with Crippen molar-refractivity contribution in [2.45, 2.75) is 59.4 Å². The summed E-state index contributed by atoms with van der Waals surface area (Å²) < 4.78 is 0. The van der Waals surface area contributed by atoms with Gasteiger partial charge >= 0.3 is 0 Å². The lowest BCUT2D eigenvalue weighted by Gasteiger charge is -2.43. The fourth-order valence-electron chi connectivity index (χ4n) is 2.42. The molecule has 0 aromatic rings. The highest BCUT2D eigenvalue weighted by Crippen LogP contribution is 2.29. The molecule has 0 aromatic carbocycles. The molecule has 1 rings (SSSR count). The van der Waals surface area contributed by atoms with E-state index in [1.165, 1.54) is 32.4 Å². The molecule has 1 heteroatoms. The van der Waals surface area contributed by atoms with Gasteiger partial charge in [-0.15, -0.1) is 0 Å². The first-order valence-corrected chi connectivity index (χ1v) is 6.20. The molecule has 1 aliphatic heterocycles. The first kappa shape index (κ1) is 12.0. The van der Waals surface area contributed by atoms with Crippen LogP contribution in [0.2, 0.25) is 0 Å². The van der Waals surface area contributed by atoms with Crippen LogP contribution >= 0.6 is 0 Å². The van der Waals surface area contributed by atoms with Gasteiger partial charge in [0.25, 0.3) is 0 Å². The third kappa shape index (κ3) is 2.98. The van der Waals surface area contributed by atoms with Crippen LogP contribution in [0.3, 0.4) is 0 Å². The van der Waals surface area contributed by atoms with E-state index in [0.717, 1.165) is 11.8 Å². The van der Waals surface area contributed by atoms with Crippen LogP contribution in [0.4, 0.5) is 0 Å². The van der Waals surface area contributed by atoms with E-state index in [0.29, 0.717) is 5.54 Å². The van der Waals surface area contributed by atoms with E-state index in [1.54, 1.807) is 0 Å². The van der Waals surface area contributed by atoms with Crippen LogP contribution < -0.4 is 0 Å². The van der Waals surface area contributed by atoms with Crippen LogP contribution in [-0.2, 0) is 0 Å². The lowest BCUT2D eigenvalue weighted by molar-refractivity contribution is 0.0603. The molecule has 0 spiro atoms. The lowest BCUT2D eigenvalue weighted by Crippen LogP contribution is -2.48. The van der Waals surface area contributed by atoms with Gasteiger partial charge in [0.1, 0.15) is 0 Å². The molecule has 0 radical (unpaired) electrons. The zero-order valence-corrected chi connectivity index (χ0v) is 10.6. The number of hydrogen-bond acceptors (Lipinski definition) is 1. The van der Waals surface area contributed by atoms with Gasteiger partial charge in [0.05, 0.1) is 0 Å². The summed E-state index contributed by atoms with van der Waals surface area (Å²) in [5.41, 5.74) is 0.367. The summed E-state index contributed by atoms with van der Waals surface area (Å²) in [5.74, 6) is 1.84. The fourth-order valence-corrected chi connectivity index (χ4v) is 2.42. The Morgan fingerprint density at radius 1 is 1.36 bits per heavy atom. The minimum absolute atomic E-state index is 0.367. The first-order valence-electron chi connectivity index (χ1n) is 6.20. The lowest BCUT2D eigenvalue weighted by atomic mass is 9.83. The van der Waals surface area contributed by atoms with Crippen LogP contribution in [0, 0.1) is 11.8 Å². The Hall–Kier alpha value is -0.0400. The monoisotopic (exact) mass is 197 g/mol. The summed E-state index contributed by atoms with van der Waals surface area (Å²) in [6, 6.07) is 0. The van der Waals surface area contributed by atoms with Crippen LogP contribution in [0.1, 0.15) is 53.9 Å². The third-order valence-electron chi connectivity index (χ3n) is 3.86. The van der Waals surface area contributed by atoms with E-state index >= 15 is 0 Å². The molecule has 1 nitrogen and oxygen atoms in total. The van der Waals surface area contributed by atoms with Crippen molar-refractivity contribution < 1.29 is 0 Å². The summed E-state index contributed by atoms with van der Waals surface area (Å²) in [5, 5.41) is 0. The molecule has 84 valence electrons. The minimum Gasteiger partial charge on any atom is -0.298 e. The summed E-state index contributed by atoms with van der Waals surface area (Å²) in [7, 11) is 0. The highest BCUT2D eigenvalue weighted by Gasteiger charge is 2.29. The van der Waals surface area contributed by atoms with Crippen molar-refractivity contribution in [2.75, 3.05) is 13.1 Å². The van der Waals surface area contributed by atoms with E-state index in [-0.39, 0.29) is 0 Å². The number of rotatable bonds is 2. The maximum atomic E-state index is 2.66. The van der Waals surface area contributed by atoms with Gasteiger partial charge < -0.3 is 0 Å². The van der Waals surface area contributed by atoms with Crippen molar-refractivity contribution in [1.82, 2.24) is 4.90 Å². The van der Waals surface area contributed by atoms with Crippen molar-refractivity contribution in [1.29, 1.82) is 0 Å². The first-order chi connectivity index (χ1) is 6.45. The second kappa shape index (κ2) is 4.65. The normalized spacial score (nSPS) is 27.6. The van der Waals surface area contributed by atoms with Gasteiger partial charge in [-0.1, -0.05) is 20.3 Å². The van der Waals surface area contributed by atoms with Gasteiger partial charge in [-0.05, 0) is 52.0 Å². The maximum absolute atomic E-state index is 2.66. The Labute approximate surface area is 89.9 Å². The molecular weight excluding hydrogens is 170 g/mol. The molecule has 0 saturated carbocycles. The van der Waals surface area contributed by atoms with E-state index in [9.17, 15) is 0 Å². The summed E-state index contributed by atoms with van der Waals surface area (Å²) in [6.07, 6.45) is 4.18. The predicted octanol–water partition coefficient (Wildman–Crippen LogP) is 3.54. The molecule has 1 heterocycles. The van der Waals surface area contributed by atoms with Crippen LogP contribution in [0.5, 0.6) is 0 Å². The van der Waals surface area contributed by atoms with Crippen molar-refractivity contribution >= 4 is 0 Å². The molecule has 2 unspecified atom stereocenters. The van der Waals surface area contributed by atoms with Crippen LogP contribution in [-0.4, -0.2) is 23.5 Å². The Morgan fingerprint density at radius 3 is 2.50 bits per heavy atom. The molecule has 0 bridgehead atoms. The maximum Gasteiger partial charge on any atom is 0.0125 e. The number of likely N-dealkylation sites (tertiary alicyclic amines) is 1. The van der Waals surface area contributed by atoms with Crippen molar-refractivity contribution in [3.63, 3.8) is 0 Å². The Balaban J connectivity index is 2.52. The summed E-state index contributed by atoms with van der Waals surface area (Å²) >= 11 is 0. The standard InChI is InChI=1S/C13H27N/c1-6-11(2)12-8-7-9-14(10-12)13(3,4)5/h11-12H,6-10H2,1-5H3. The smallest absolute Gasteiger partial charge is 0.0125 e. The quantitative estimate of drug-likeness (QED) is 0.654. The molecule has 0 N–H and O–H groups in total. The number of piperidine rings is 1. The van der Waals surface area contributed by atoms with Gasteiger partial charge in [-0.25, -0.2) is 0 Å². The Bertz CT molecular complexity index is 169. The van der Waals surface area contributed by atoms with Crippen LogP contribution in [0.25, 0.3) is 0 Å². The van der Waals surface area contributed by atoms with Crippen molar-refractivity contribution in [3.05, 3.63) is 0 Å². The number of hydrogen-bond donors (Lipinski definition) is 0. The van der Waals surface area contributed by atoms with Crippen LogP contribution in [0.15, 0.2) is 0 Å². The predicted molar refractivity (Wildman–Crippen MR) is 63.5 cm³/mol. The second-order valence-corrected chi connectivity index (χ2v) is 5.90. The van der Waals surface area contributed by atoms with E-state index in [4.69, 9.17) is 0 Å². The van der Waals surface area contributed by atoms with E-state index in [2.05, 4.69) is 39.5 Å². The van der Waals surface area contributed by atoms with Gasteiger partial charge in [0.15, 0.2) is 0 Å². The highest BCUT2D eigenvalue weighted by atomic mass is 15.2. The van der Waals surface area contributed by atoms with Gasteiger partial charge in [0, 0.05) is 12.1 Å². The van der Waals surface area contributed by atoms with Gasteiger partial charge in [-0.2, -0.15) is 0 Å². The minimum atomic E-state index is 0.367. The highest BCUT2D eigenvalue weighted by molar-refractivity contribution is 4.83. The molecule has 1 aliphatic rings. The summed E-state index contributed by atoms with van der Waals surface area (Å²) in [6.45, 7) is 14.4. The molecular formula is C13H27N. The van der Waals surface area contributed by atoms with E-state index < -0.39 is 0 Å². The third-order valence-corrected chi connectivity index (χ3v) is 3.86. The topological polar surface area (TPSA) is 3.24 Å². The van der Waals surface area contributed by atoms with Gasteiger partial charge in [-0.3, -0.25) is 4.90 Å². The Kier molecular flexibility index (Phi) is 4.00. The molecule has 0 amide bonds. The van der Waals surface area contributed by atoms with Crippen molar-refractivity contribution in [3.8, 4) is 0 Å². The molecule has 0 aromatic heterocycles. The fraction of sp³-hybridized carbons (Fsp3) is 1.00. The van der Waals surface area contributed by atoms with E-state index in [1.807, 2.05) is 0 Å². The zero-order valence-electron chi connectivity index (χ0n) is 10.6. The zero-order chi connectivity index (χ0) is 10.8. The average Bonchev–Trinajstić information content (AvgIpc) is 2.15. The second-order valence-electron chi connectivity index (χ2n) is 5.90. The number of nitrogens with zero attached hydrogens (tertiary/aromatic N) is 1. The Morgan fingerprint density at radius 2 is 2.00 bits per heavy atom. The molecule has 0 aliphatic carbocycles.